The van der Waals surface area contributed by atoms with E-state index in [0.717, 1.165) is 5.92 Å². The smallest absolute Gasteiger partial charge is 0.0125 e. The molecule has 134 valence electrons. The second-order valence-corrected chi connectivity index (χ2v) is 10.6. The lowest BCUT2D eigenvalue weighted by Crippen LogP contribution is -2.65. The summed E-state index contributed by atoms with van der Waals surface area (Å²) in [6.45, 7) is 23.4. The summed E-state index contributed by atoms with van der Waals surface area (Å²) in [5, 5.41) is 0. The second-order valence-electron chi connectivity index (χ2n) is 10.6. The molecule has 0 N–H and O–H groups in total. The van der Waals surface area contributed by atoms with Gasteiger partial charge < -0.3 is 4.90 Å². The normalized spacial score (nSPS) is 30.8. The monoisotopic (exact) mass is 321 g/mol. The highest BCUT2D eigenvalue weighted by atomic mass is 15.3. The van der Waals surface area contributed by atoms with E-state index in [1.807, 2.05) is 0 Å². The third kappa shape index (κ3) is 3.93. The van der Waals surface area contributed by atoms with Crippen molar-refractivity contribution in [1.29, 1.82) is 0 Å². The summed E-state index contributed by atoms with van der Waals surface area (Å²) in [4.78, 5) is 8.11. The Balaban J connectivity index is 1.41. The molecule has 0 amide bonds. The Bertz CT molecular complexity index is 402. The molecule has 0 aromatic heterocycles. The average Bonchev–Trinajstić information content (AvgIpc) is 2.84. The molecule has 3 saturated heterocycles. The third-order valence-electron chi connectivity index (χ3n) is 6.67. The SMILES string of the molecule is CC(C)(C)N1CCC(CN2CCC3(CC2)CN(C(C)(C)C)C3)C1. The Hall–Kier alpha value is -0.120. The topological polar surface area (TPSA) is 9.72 Å². The Labute approximate surface area is 144 Å². The van der Waals surface area contributed by atoms with Crippen molar-refractivity contribution in [1.82, 2.24) is 14.7 Å². The lowest BCUT2D eigenvalue weighted by Gasteiger charge is -2.58. The van der Waals surface area contributed by atoms with Crippen LogP contribution in [0.2, 0.25) is 0 Å². The summed E-state index contributed by atoms with van der Waals surface area (Å²) >= 11 is 0. The number of hydrogen-bond donors (Lipinski definition) is 0. The van der Waals surface area contributed by atoms with Crippen molar-refractivity contribution >= 4 is 0 Å². The minimum Gasteiger partial charge on any atom is -0.303 e. The van der Waals surface area contributed by atoms with Crippen molar-refractivity contribution in [2.24, 2.45) is 11.3 Å². The van der Waals surface area contributed by atoms with Gasteiger partial charge in [-0.05, 0) is 91.8 Å². The Morgan fingerprint density at radius 2 is 1.39 bits per heavy atom. The van der Waals surface area contributed by atoms with E-state index in [1.54, 1.807) is 0 Å². The third-order valence-corrected chi connectivity index (χ3v) is 6.67. The molecule has 0 aromatic rings. The van der Waals surface area contributed by atoms with Crippen LogP contribution in [0.3, 0.4) is 0 Å². The van der Waals surface area contributed by atoms with Gasteiger partial charge in [0.25, 0.3) is 0 Å². The quantitative estimate of drug-likeness (QED) is 0.772. The van der Waals surface area contributed by atoms with E-state index in [9.17, 15) is 0 Å². The summed E-state index contributed by atoms with van der Waals surface area (Å²) < 4.78 is 0. The van der Waals surface area contributed by atoms with Crippen molar-refractivity contribution in [3.05, 3.63) is 0 Å². The van der Waals surface area contributed by atoms with Gasteiger partial charge in [-0.3, -0.25) is 9.80 Å². The van der Waals surface area contributed by atoms with Crippen molar-refractivity contribution in [2.45, 2.75) is 71.9 Å². The molecule has 0 saturated carbocycles. The molecule has 3 heteroatoms. The zero-order chi connectivity index (χ0) is 16.9. The molecule has 1 spiro atoms. The molecule has 3 nitrogen and oxygen atoms in total. The van der Waals surface area contributed by atoms with E-state index in [4.69, 9.17) is 0 Å². The van der Waals surface area contributed by atoms with Gasteiger partial charge in [0.05, 0.1) is 0 Å². The van der Waals surface area contributed by atoms with E-state index in [1.165, 1.54) is 65.1 Å². The zero-order valence-electron chi connectivity index (χ0n) is 16.5. The van der Waals surface area contributed by atoms with Crippen LogP contribution in [0.5, 0.6) is 0 Å². The van der Waals surface area contributed by atoms with Crippen molar-refractivity contribution in [3.8, 4) is 0 Å². The first kappa shape index (κ1) is 17.7. The molecular weight excluding hydrogens is 282 g/mol. The van der Waals surface area contributed by atoms with E-state index in [2.05, 4.69) is 56.2 Å². The minimum atomic E-state index is 0.350. The molecule has 3 fully saturated rings. The largest absolute Gasteiger partial charge is 0.303 e. The molecule has 3 aliphatic rings. The Morgan fingerprint density at radius 3 is 1.87 bits per heavy atom. The van der Waals surface area contributed by atoms with E-state index >= 15 is 0 Å². The highest BCUT2D eigenvalue weighted by Crippen LogP contribution is 2.43. The molecule has 23 heavy (non-hydrogen) atoms. The van der Waals surface area contributed by atoms with Gasteiger partial charge in [0.2, 0.25) is 0 Å². The van der Waals surface area contributed by atoms with Gasteiger partial charge in [-0.1, -0.05) is 0 Å². The first-order valence-electron chi connectivity index (χ1n) is 9.80. The number of hydrogen-bond acceptors (Lipinski definition) is 3. The molecule has 1 atom stereocenters. The number of piperidine rings is 1. The number of likely N-dealkylation sites (tertiary alicyclic amines) is 3. The summed E-state index contributed by atoms with van der Waals surface area (Å²) in [6.07, 6.45) is 4.25. The van der Waals surface area contributed by atoms with Crippen LogP contribution in [0, 0.1) is 11.3 Å². The molecule has 1 unspecified atom stereocenters. The highest BCUT2D eigenvalue weighted by molar-refractivity contribution is 5.02. The van der Waals surface area contributed by atoms with Crippen LogP contribution in [0.15, 0.2) is 0 Å². The second kappa shape index (κ2) is 6.00. The van der Waals surface area contributed by atoms with Gasteiger partial charge in [-0.2, -0.15) is 0 Å². The van der Waals surface area contributed by atoms with Crippen LogP contribution >= 0.6 is 0 Å². The van der Waals surface area contributed by atoms with E-state index in [-0.39, 0.29) is 0 Å². The lowest BCUT2D eigenvalue weighted by molar-refractivity contribution is -0.0910. The lowest BCUT2D eigenvalue weighted by atomic mass is 9.70. The first-order chi connectivity index (χ1) is 10.6. The number of rotatable bonds is 2. The molecular formula is C20H39N3. The Kier molecular flexibility index (Phi) is 4.61. The molecule has 3 heterocycles. The predicted octanol–water partition coefficient (Wildman–Crippen LogP) is 3.30. The fraction of sp³-hybridized carbons (Fsp3) is 1.00. The zero-order valence-corrected chi connectivity index (χ0v) is 16.5. The van der Waals surface area contributed by atoms with Gasteiger partial charge in [-0.15, -0.1) is 0 Å². The maximum Gasteiger partial charge on any atom is 0.0125 e. The van der Waals surface area contributed by atoms with E-state index in [0.29, 0.717) is 16.5 Å². The molecule has 0 aromatic carbocycles. The van der Waals surface area contributed by atoms with Crippen LogP contribution in [0.25, 0.3) is 0 Å². The average molecular weight is 322 g/mol. The van der Waals surface area contributed by atoms with Gasteiger partial charge in [0, 0.05) is 37.3 Å². The summed E-state index contributed by atoms with van der Waals surface area (Å²) in [5.41, 5.74) is 1.38. The molecule has 0 aliphatic carbocycles. The Morgan fingerprint density at radius 1 is 0.826 bits per heavy atom. The number of nitrogens with zero attached hydrogens (tertiary/aromatic N) is 3. The fourth-order valence-electron chi connectivity index (χ4n) is 4.72. The minimum absolute atomic E-state index is 0.350. The molecule has 3 aliphatic heterocycles. The maximum absolute atomic E-state index is 2.77. The summed E-state index contributed by atoms with van der Waals surface area (Å²) in [5.74, 6) is 0.899. The molecule has 3 rings (SSSR count). The van der Waals surface area contributed by atoms with Crippen LogP contribution in [0.1, 0.15) is 60.8 Å². The van der Waals surface area contributed by atoms with Gasteiger partial charge >= 0.3 is 0 Å². The van der Waals surface area contributed by atoms with Crippen molar-refractivity contribution < 1.29 is 0 Å². The maximum atomic E-state index is 2.77. The molecule has 0 bridgehead atoms. The standard InChI is InChI=1S/C20H39N3/c1-18(2,3)22-10-7-17(14-22)13-21-11-8-20(9-12-21)15-23(16-20)19(4,5)6/h17H,7-16H2,1-6H3. The van der Waals surface area contributed by atoms with Crippen molar-refractivity contribution in [2.75, 3.05) is 45.8 Å². The van der Waals surface area contributed by atoms with Gasteiger partial charge in [0.15, 0.2) is 0 Å². The van der Waals surface area contributed by atoms with Gasteiger partial charge in [0.1, 0.15) is 0 Å². The van der Waals surface area contributed by atoms with Crippen LogP contribution in [0.4, 0.5) is 0 Å². The van der Waals surface area contributed by atoms with Crippen molar-refractivity contribution in [3.63, 3.8) is 0 Å². The van der Waals surface area contributed by atoms with Gasteiger partial charge in [-0.25, -0.2) is 0 Å². The van der Waals surface area contributed by atoms with Crippen LogP contribution in [-0.2, 0) is 0 Å². The molecule has 0 radical (unpaired) electrons. The fourth-order valence-corrected chi connectivity index (χ4v) is 4.72. The first-order valence-corrected chi connectivity index (χ1v) is 9.80. The summed E-state index contributed by atoms with van der Waals surface area (Å²) in [6, 6.07) is 0. The highest BCUT2D eigenvalue weighted by Gasteiger charge is 2.48. The van der Waals surface area contributed by atoms with E-state index < -0.39 is 0 Å². The summed E-state index contributed by atoms with van der Waals surface area (Å²) in [7, 11) is 0. The van der Waals surface area contributed by atoms with Crippen LogP contribution in [-0.4, -0.2) is 71.6 Å². The van der Waals surface area contributed by atoms with Crippen LogP contribution < -0.4 is 0 Å². The predicted molar refractivity (Wildman–Crippen MR) is 98.9 cm³/mol.